The number of nitrogens with zero attached hydrogens (tertiary/aromatic N) is 2. The van der Waals surface area contributed by atoms with Crippen LogP contribution in [0, 0.1) is 0 Å². The Kier molecular flexibility index (Phi) is 7.71. The summed E-state index contributed by atoms with van der Waals surface area (Å²) in [5, 5.41) is 0. The maximum Gasteiger partial charge on any atom is 0.333 e. The Labute approximate surface area is 244 Å². The molecule has 0 spiro atoms. The van der Waals surface area contributed by atoms with Crippen LogP contribution in [0.4, 0.5) is 0 Å². The molecule has 0 unspecified atom stereocenters. The fraction of sp³-hybridized carbons (Fsp3) is 0.516. The van der Waals surface area contributed by atoms with E-state index in [0.717, 1.165) is 0 Å². The Hall–Kier alpha value is -3.67. The number of piperazine rings is 1. The van der Waals surface area contributed by atoms with E-state index in [0.29, 0.717) is 23.3 Å². The van der Waals surface area contributed by atoms with Gasteiger partial charge in [-0.25, -0.2) is 4.79 Å². The Morgan fingerprint density at radius 2 is 1.48 bits per heavy atom. The number of ketones is 4. The molecule has 1 fully saturated rings. The van der Waals surface area contributed by atoms with Crippen molar-refractivity contribution in [3.05, 3.63) is 56.6 Å². The molecule has 11 nitrogen and oxygen atoms in total. The van der Waals surface area contributed by atoms with Crippen molar-refractivity contribution in [2.24, 2.45) is 0 Å². The molecule has 3 aliphatic heterocycles. The molecule has 5 rings (SSSR count). The van der Waals surface area contributed by atoms with Crippen LogP contribution in [0.1, 0.15) is 34.1 Å². The van der Waals surface area contributed by atoms with Gasteiger partial charge in [-0.05, 0) is 41.2 Å². The fourth-order valence-corrected chi connectivity index (χ4v) is 7.19. The average Bonchev–Trinajstić information content (AvgIpc) is 2.97. The van der Waals surface area contributed by atoms with Crippen LogP contribution in [0.5, 0.6) is 0 Å². The van der Waals surface area contributed by atoms with E-state index in [-0.39, 0.29) is 64.4 Å². The van der Waals surface area contributed by atoms with Crippen LogP contribution in [0.2, 0.25) is 0 Å². The van der Waals surface area contributed by atoms with Crippen LogP contribution in [0.25, 0.3) is 0 Å². The van der Waals surface area contributed by atoms with E-state index >= 15 is 0 Å². The van der Waals surface area contributed by atoms with Gasteiger partial charge in [-0.15, -0.1) is 0 Å². The van der Waals surface area contributed by atoms with Crippen molar-refractivity contribution in [3.8, 4) is 0 Å². The van der Waals surface area contributed by atoms with Gasteiger partial charge in [0.1, 0.15) is 12.7 Å². The van der Waals surface area contributed by atoms with Crippen LogP contribution in [-0.4, -0.2) is 111 Å². The number of rotatable bonds is 6. The number of hydrogen-bond donors (Lipinski definition) is 0. The first kappa shape index (κ1) is 29.8. The van der Waals surface area contributed by atoms with E-state index in [1.54, 1.807) is 33.8 Å². The van der Waals surface area contributed by atoms with Crippen molar-refractivity contribution in [2.75, 3.05) is 41.5 Å². The average molecular weight is 581 g/mol. The molecular formula is C31H36N2O9. The Morgan fingerprint density at radius 3 is 2.05 bits per heavy atom. The normalized spacial score (nSPS) is 30.5. The number of fused-ring (bicyclic) bond motifs is 5. The van der Waals surface area contributed by atoms with Crippen molar-refractivity contribution in [1.29, 1.82) is 0 Å². The monoisotopic (exact) mass is 580 g/mol. The third-order valence-corrected chi connectivity index (χ3v) is 9.41. The van der Waals surface area contributed by atoms with E-state index in [2.05, 4.69) is 0 Å². The zero-order valence-corrected chi connectivity index (χ0v) is 25.2. The van der Waals surface area contributed by atoms with E-state index < -0.39 is 41.8 Å². The molecule has 5 aliphatic rings. The summed E-state index contributed by atoms with van der Waals surface area (Å²) in [5.41, 5.74) is 1.94. The van der Waals surface area contributed by atoms with Gasteiger partial charge in [-0.2, -0.15) is 0 Å². The van der Waals surface area contributed by atoms with Crippen molar-refractivity contribution in [1.82, 2.24) is 9.80 Å². The molecule has 42 heavy (non-hydrogen) atoms. The lowest BCUT2D eigenvalue weighted by molar-refractivity contribution is -0.144. The lowest BCUT2D eigenvalue weighted by Gasteiger charge is -2.59. The molecular weight excluding hydrogens is 544 g/mol. The first-order chi connectivity index (χ1) is 19.9. The third-order valence-electron chi connectivity index (χ3n) is 9.41. The second kappa shape index (κ2) is 10.9. The highest BCUT2D eigenvalue weighted by atomic mass is 16.5. The third kappa shape index (κ3) is 4.09. The van der Waals surface area contributed by atoms with Crippen LogP contribution in [0.15, 0.2) is 56.6 Å². The molecule has 2 bridgehead atoms. The van der Waals surface area contributed by atoms with Gasteiger partial charge in [0.2, 0.25) is 11.6 Å². The summed E-state index contributed by atoms with van der Waals surface area (Å²) in [6, 6.07) is -2.30. The number of ether oxygens (including phenoxy) is 4. The van der Waals surface area contributed by atoms with E-state index in [9.17, 15) is 24.0 Å². The summed E-state index contributed by atoms with van der Waals surface area (Å²) in [4.78, 5) is 71.9. The highest BCUT2D eigenvalue weighted by Gasteiger charge is 2.59. The smallest absolute Gasteiger partial charge is 0.333 e. The van der Waals surface area contributed by atoms with Gasteiger partial charge in [0, 0.05) is 58.7 Å². The standard InChI is InChI=1S/C31H36N2O9/c1-9-13(2)31(38)42-12-19-20-16(24(34)14(3)28(39-6)26(20)36)10-17-23-21-22(25(35)15(4)29(40-7)27(21)37)30(41-8)18(32(23)5)11-33(17)19/h9,17-19,23,30H,10-12H2,1-8H3/b13-9-/t17-,18+,19+,23-,30+/m1/s1. The van der Waals surface area contributed by atoms with Gasteiger partial charge in [0.15, 0.2) is 23.1 Å². The minimum absolute atomic E-state index is 0.0203. The SMILES string of the molecule is C/C=C(/C)C(=O)OC[C@H]1C2=C(C[C@@H]3[C@@H]4C5=C(C(=O)C(C)=C(OC)C5=O)[C@@H](OC)[C@H](CN31)N4C)C(=O)C(C)=C(OC)C2=O. The predicted molar refractivity (Wildman–Crippen MR) is 149 cm³/mol. The number of esters is 1. The first-order valence-electron chi connectivity index (χ1n) is 13.9. The largest absolute Gasteiger partial charge is 0.492 e. The minimum atomic E-state index is -0.797. The predicted octanol–water partition coefficient (Wildman–Crippen LogP) is 1.39. The molecule has 224 valence electrons. The fourth-order valence-electron chi connectivity index (χ4n) is 7.19. The molecule has 0 N–H and O–H groups in total. The number of allylic oxidation sites excluding steroid dienone is 5. The second-order valence-corrected chi connectivity index (χ2v) is 11.2. The molecule has 0 aromatic heterocycles. The number of carbonyl (C=O) groups excluding carboxylic acids is 5. The van der Waals surface area contributed by atoms with Gasteiger partial charge < -0.3 is 18.9 Å². The summed E-state index contributed by atoms with van der Waals surface area (Å²) in [6.07, 6.45) is 1.04. The van der Waals surface area contributed by atoms with Crippen LogP contribution < -0.4 is 0 Å². The van der Waals surface area contributed by atoms with E-state index in [4.69, 9.17) is 18.9 Å². The number of likely N-dealkylation sites (N-methyl/N-ethyl adjacent to an activating group) is 1. The summed E-state index contributed by atoms with van der Waals surface area (Å²) in [6.45, 7) is 6.60. The molecule has 11 heteroatoms. The molecule has 3 heterocycles. The molecule has 5 atom stereocenters. The maximum absolute atomic E-state index is 13.9. The summed E-state index contributed by atoms with van der Waals surface area (Å²) < 4.78 is 22.3. The van der Waals surface area contributed by atoms with Gasteiger partial charge in [0.05, 0.1) is 32.3 Å². The summed E-state index contributed by atoms with van der Waals surface area (Å²) in [5.74, 6) is -2.06. The van der Waals surface area contributed by atoms with Crippen LogP contribution >= 0.6 is 0 Å². The molecule has 0 amide bonds. The minimum Gasteiger partial charge on any atom is -0.492 e. The maximum atomic E-state index is 13.9. The van der Waals surface area contributed by atoms with Gasteiger partial charge >= 0.3 is 5.97 Å². The molecule has 1 saturated heterocycles. The molecule has 0 radical (unpaired) electrons. The van der Waals surface area contributed by atoms with Gasteiger partial charge in [-0.3, -0.25) is 29.0 Å². The second-order valence-electron chi connectivity index (χ2n) is 11.2. The topological polar surface area (TPSA) is 129 Å². The number of carbonyl (C=O) groups is 5. The molecule has 2 aliphatic carbocycles. The Morgan fingerprint density at radius 1 is 0.881 bits per heavy atom. The number of hydrogen-bond acceptors (Lipinski definition) is 11. The quantitative estimate of drug-likeness (QED) is 0.257. The van der Waals surface area contributed by atoms with Crippen molar-refractivity contribution >= 4 is 29.1 Å². The lowest BCUT2D eigenvalue weighted by Crippen LogP contribution is -2.73. The first-order valence-corrected chi connectivity index (χ1v) is 13.9. The Balaban J connectivity index is 1.68. The summed E-state index contributed by atoms with van der Waals surface area (Å²) >= 11 is 0. The molecule has 0 aromatic rings. The van der Waals surface area contributed by atoms with Crippen molar-refractivity contribution in [2.45, 2.75) is 64.4 Å². The van der Waals surface area contributed by atoms with Crippen molar-refractivity contribution < 1.29 is 42.9 Å². The summed E-state index contributed by atoms with van der Waals surface area (Å²) in [7, 11) is 6.07. The van der Waals surface area contributed by atoms with Gasteiger partial charge in [-0.1, -0.05) is 6.08 Å². The van der Waals surface area contributed by atoms with Crippen molar-refractivity contribution in [3.63, 3.8) is 0 Å². The highest BCUT2D eigenvalue weighted by Crippen LogP contribution is 2.47. The zero-order chi connectivity index (χ0) is 30.8. The van der Waals surface area contributed by atoms with Crippen LogP contribution in [0.3, 0.4) is 0 Å². The Bertz CT molecular complexity index is 1480. The lowest BCUT2D eigenvalue weighted by atomic mass is 9.68. The van der Waals surface area contributed by atoms with E-state index in [1.807, 2.05) is 16.8 Å². The molecule has 0 aromatic carbocycles. The highest BCUT2D eigenvalue weighted by molar-refractivity contribution is 6.26. The van der Waals surface area contributed by atoms with Gasteiger partial charge in [0.25, 0.3) is 0 Å². The van der Waals surface area contributed by atoms with E-state index in [1.165, 1.54) is 21.3 Å². The number of Topliss-reactive ketones (excluding diaryl/α,β-unsaturated/α-hetero) is 4. The van der Waals surface area contributed by atoms with Crippen LogP contribution in [-0.2, 0) is 42.9 Å². The molecule has 0 saturated carbocycles. The zero-order valence-electron chi connectivity index (χ0n) is 25.2. The number of methoxy groups -OCH3 is 3.